The fraction of sp³-hybridized carbons (Fsp3) is 0.233. The number of rotatable bonds is 2. The Labute approximate surface area is 195 Å². The third-order valence-electron chi connectivity index (χ3n) is 7.57. The highest BCUT2D eigenvalue weighted by Gasteiger charge is 2.36. The zero-order chi connectivity index (χ0) is 23.0. The molecule has 5 aromatic rings. The molecule has 2 nitrogen and oxygen atoms in total. The summed E-state index contributed by atoms with van der Waals surface area (Å²) in [6.07, 6.45) is 0.985. The van der Waals surface area contributed by atoms with Crippen LogP contribution in [0.3, 0.4) is 0 Å². The largest absolute Gasteiger partial charge is 0.455 e. The summed E-state index contributed by atoms with van der Waals surface area (Å²) in [6, 6.07) is 22.9. The smallest absolute Gasteiger partial charge is 0.248 e. The molecule has 1 aliphatic carbocycles. The van der Waals surface area contributed by atoms with Gasteiger partial charge in [0.25, 0.3) is 0 Å². The number of alkyl halides is 2. The van der Waals surface area contributed by atoms with E-state index in [1.165, 1.54) is 5.56 Å². The van der Waals surface area contributed by atoms with Gasteiger partial charge in [-0.3, -0.25) is 0 Å². The van der Waals surface area contributed by atoms with E-state index in [0.29, 0.717) is 12.8 Å². The van der Waals surface area contributed by atoms with Crippen molar-refractivity contribution in [2.75, 3.05) is 0 Å². The summed E-state index contributed by atoms with van der Waals surface area (Å²) in [6.45, 7) is 2.10. The lowest BCUT2D eigenvalue weighted by Crippen LogP contribution is -2.23. The second-order valence-electron chi connectivity index (χ2n) is 9.78. The van der Waals surface area contributed by atoms with Crippen molar-refractivity contribution in [1.29, 1.82) is 0 Å². The first-order chi connectivity index (χ1) is 16.5. The standard InChI is InChI=1S/C30H23F2NO/c1-17-15-23-20-5-2-3-8-26(20)34-29(23)24(16-17)28-22-10-9-19(18-11-13-30(31,32)14-12-18)21-6-4-7-25(33-28)27(21)22/h2-10,15-16,18H,11-14H2,1H3. The summed E-state index contributed by atoms with van der Waals surface area (Å²) < 4.78 is 33.9. The highest BCUT2D eigenvalue weighted by molar-refractivity contribution is 6.30. The maximum atomic E-state index is 13.8. The molecule has 1 aromatic heterocycles. The summed E-state index contributed by atoms with van der Waals surface area (Å²) in [5, 5.41) is 4.46. The topological polar surface area (TPSA) is 25.5 Å². The maximum absolute atomic E-state index is 13.8. The number of fused-ring (bicyclic) bond motifs is 3. The SMILES string of the molecule is Cc1cc(C2=Nc3cccc4c(C5CCC(F)(F)CC5)ccc2c34)c2oc3ccccc3c2c1. The molecular weight excluding hydrogens is 428 g/mol. The molecule has 7 rings (SSSR count). The van der Waals surface area contributed by atoms with E-state index >= 15 is 0 Å². The molecule has 1 aliphatic heterocycles. The number of hydrogen-bond donors (Lipinski definition) is 0. The van der Waals surface area contributed by atoms with Gasteiger partial charge in [-0.15, -0.1) is 0 Å². The molecule has 0 atom stereocenters. The number of benzene rings is 4. The zero-order valence-corrected chi connectivity index (χ0v) is 18.9. The quantitative estimate of drug-likeness (QED) is 0.258. The number of halogens is 2. The van der Waals surface area contributed by atoms with Crippen molar-refractivity contribution >= 4 is 44.1 Å². The second-order valence-corrected chi connectivity index (χ2v) is 9.78. The van der Waals surface area contributed by atoms with Crippen molar-refractivity contribution in [3.63, 3.8) is 0 Å². The summed E-state index contributed by atoms with van der Waals surface area (Å²) in [5.74, 6) is -2.36. The van der Waals surface area contributed by atoms with Crippen LogP contribution in [0.2, 0.25) is 0 Å². The lowest BCUT2D eigenvalue weighted by Gasteiger charge is -2.29. The Kier molecular flexibility index (Phi) is 4.09. The van der Waals surface area contributed by atoms with Crippen LogP contribution in [-0.2, 0) is 0 Å². The van der Waals surface area contributed by atoms with Crippen LogP contribution in [0.1, 0.15) is 53.9 Å². The van der Waals surface area contributed by atoms with Crippen LogP contribution in [-0.4, -0.2) is 11.6 Å². The third-order valence-corrected chi connectivity index (χ3v) is 7.57. The molecule has 34 heavy (non-hydrogen) atoms. The van der Waals surface area contributed by atoms with Gasteiger partial charge in [-0.1, -0.05) is 42.5 Å². The van der Waals surface area contributed by atoms with E-state index in [9.17, 15) is 8.78 Å². The Bertz CT molecular complexity index is 1650. The van der Waals surface area contributed by atoms with Crippen LogP contribution >= 0.6 is 0 Å². The molecule has 4 heteroatoms. The van der Waals surface area contributed by atoms with Crippen LogP contribution in [0, 0.1) is 6.92 Å². The molecular formula is C30H23F2NO. The maximum Gasteiger partial charge on any atom is 0.248 e. The van der Waals surface area contributed by atoms with Gasteiger partial charge in [-0.2, -0.15) is 0 Å². The monoisotopic (exact) mass is 451 g/mol. The van der Waals surface area contributed by atoms with E-state index < -0.39 is 5.92 Å². The van der Waals surface area contributed by atoms with Crippen LogP contribution in [0.5, 0.6) is 0 Å². The van der Waals surface area contributed by atoms with Crippen molar-refractivity contribution in [3.05, 3.63) is 89.0 Å². The van der Waals surface area contributed by atoms with Gasteiger partial charge < -0.3 is 4.42 Å². The highest BCUT2D eigenvalue weighted by Crippen LogP contribution is 2.46. The summed E-state index contributed by atoms with van der Waals surface area (Å²) in [5.41, 5.74) is 7.99. The van der Waals surface area contributed by atoms with Gasteiger partial charge in [0.15, 0.2) is 0 Å². The zero-order valence-electron chi connectivity index (χ0n) is 18.9. The van der Waals surface area contributed by atoms with E-state index in [2.05, 4.69) is 43.3 Å². The van der Waals surface area contributed by atoms with Gasteiger partial charge in [-0.05, 0) is 66.5 Å². The minimum absolute atomic E-state index is 0.0321. The lowest BCUT2D eigenvalue weighted by molar-refractivity contribution is -0.0381. The first-order valence-electron chi connectivity index (χ1n) is 11.9. The second kappa shape index (κ2) is 6.99. The van der Waals surface area contributed by atoms with E-state index in [1.807, 2.05) is 30.3 Å². The molecule has 2 aliphatic rings. The van der Waals surface area contributed by atoms with E-state index in [0.717, 1.165) is 60.8 Å². The summed E-state index contributed by atoms with van der Waals surface area (Å²) in [4.78, 5) is 5.07. The van der Waals surface area contributed by atoms with E-state index in [1.54, 1.807) is 0 Å². The molecule has 1 saturated carbocycles. The molecule has 0 amide bonds. The van der Waals surface area contributed by atoms with Gasteiger partial charge >= 0.3 is 0 Å². The Hall–Kier alpha value is -3.53. The number of aliphatic imine (C=N–C) groups is 1. The molecule has 0 bridgehead atoms. The molecule has 0 spiro atoms. The van der Waals surface area contributed by atoms with Crippen molar-refractivity contribution in [2.24, 2.45) is 4.99 Å². The third kappa shape index (κ3) is 2.87. The first kappa shape index (κ1) is 19.9. The van der Waals surface area contributed by atoms with Gasteiger partial charge in [0.05, 0.1) is 11.4 Å². The van der Waals surface area contributed by atoms with Crippen molar-refractivity contribution in [1.82, 2.24) is 0 Å². The Morgan fingerprint density at radius 2 is 1.65 bits per heavy atom. The number of para-hydroxylation sites is 1. The minimum Gasteiger partial charge on any atom is -0.455 e. The summed E-state index contributed by atoms with van der Waals surface area (Å²) >= 11 is 0. The molecule has 2 heterocycles. The molecule has 1 fully saturated rings. The Morgan fingerprint density at radius 1 is 0.853 bits per heavy atom. The van der Waals surface area contributed by atoms with Gasteiger partial charge in [0.2, 0.25) is 5.92 Å². The lowest BCUT2D eigenvalue weighted by atomic mass is 9.79. The number of aryl methyl sites for hydroxylation is 1. The fourth-order valence-corrected chi connectivity index (χ4v) is 5.94. The van der Waals surface area contributed by atoms with Crippen molar-refractivity contribution in [3.8, 4) is 0 Å². The number of hydrogen-bond acceptors (Lipinski definition) is 2. The molecule has 0 N–H and O–H groups in total. The predicted octanol–water partition coefficient (Wildman–Crippen LogP) is 8.82. The minimum atomic E-state index is -2.52. The Balaban J connectivity index is 1.41. The van der Waals surface area contributed by atoms with Gasteiger partial charge in [-0.25, -0.2) is 13.8 Å². The predicted molar refractivity (Wildman–Crippen MR) is 134 cm³/mol. The fourth-order valence-electron chi connectivity index (χ4n) is 5.94. The number of furan rings is 1. The average molecular weight is 452 g/mol. The first-order valence-corrected chi connectivity index (χ1v) is 11.9. The van der Waals surface area contributed by atoms with Crippen molar-refractivity contribution < 1.29 is 13.2 Å². The van der Waals surface area contributed by atoms with Crippen LogP contribution in [0.15, 0.2) is 76.1 Å². The van der Waals surface area contributed by atoms with E-state index in [-0.39, 0.29) is 18.8 Å². The van der Waals surface area contributed by atoms with Gasteiger partial charge in [0.1, 0.15) is 11.2 Å². The molecule has 0 unspecified atom stereocenters. The van der Waals surface area contributed by atoms with Gasteiger partial charge in [0, 0.05) is 40.1 Å². The average Bonchev–Trinajstić information content (AvgIpc) is 3.39. The summed E-state index contributed by atoms with van der Waals surface area (Å²) in [7, 11) is 0. The molecule has 0 radical (unpaired) electrons. The molecule has 4 aromatic carbocycles. The van der Waals surface area contributed by atoms with Crippen molar-refractivity contribution in [2.45, 2.75) is 44.4 Å². The van der Waals surface area contributed by atoms with Crippen LogP contribution in [0.4, 0.5) is 14.5 Å². The molecule has 168 valence electrons. The highest BCUT2D eigenvalue weighted by atomic mass is 19.3. The molecule has 0 saturated heterocycles. The number of nitrogens with zero attached hydrogens (tertiary/aromatic N) is 1. The van der Waals surface area contributed by atoms with E-state index in [4.69, 9.17) is 9.41 Å². The normalized spacial score (nSPS) is 17.7. The van der Waals surface area contributed by atoms with Crippen LogP contribution < -0.4 is 0 Å². The Morgan fingerprint density at radius 3 is 2.50 bits per heavy atom. The van der Waals surface area contributed by atoms with Crippen LogP contribution in [0.25, 0.3) is 32.7 Å².